The number of benzene rings is 2. The molecule has 0 unspecified atom stereocenters. The average Bonchev–Trinajstić information content (AvgIpc) is 2.16. The average molecular weight is 257 g/mol. The standard InChI is InChI=1S/C11H7BrF2/c12-8-5-4-7-2-1-3-9(11(13)14)10(7)6-8/h1-6,11H. The summed E-state index contributed by atoms with van der Waals surface area (Å²) in [5.74, 6) is 0. The molecular formula is C11H7BrF2. The molecule has 0 bridgehead atoms. The number of halogens is 3. The normalized spacial score (nSPS) is 11.1. The van der Waals surface area contributed by atoms with Crippen molar-refractivity contribution in [2.75, 3.05) is 0 Å². The molecule has 14 heavy (non-hydrogen) atoms. The second-order valence-corrected chi connectivity index (χ2v) is 3.93. The molecule has 2 rings (SSSR count). The van der Waals surface area contributed by atoms with Gasteiger partial charge in [-0.3, -0.25) is 0 Å². The molecular weight excluding hydrogens is 250 g/mol. The van der Waals surface area contributed by atoms with E-state index in [0.29, 0.717) is 5.39 Å². The minimum atomic E-state index is -2.42. The van der Waals surface area contributed by atoms with Crippen molar-refractivity contribution in [3.63, 3.8) is 0 Å². The van der Waals surface area contributed by atoms with Crippen molar-refractivity contribution in [3.8, 4) is 0 Å². The quantitative estimate of drug-likeness (QED) is 0.703. The fourth-order valence-corrected chi connectivity index (χ4v) is 1.82. The maximum atomic E-state index is 12.6. The molecule has 0 saturated carbocycles. The van der Waals surface area contributed by atoms with E-state index in [1.54, 1.807) is 12.1 Å². The summed E-state index contributed by atoms with van der Waals surface area (Å²) in [5.41, 5.74) is 0.0869. The third-order valence-electron chi connectivity index (χ3n) is 2.11. The van der Waals surface area contributed by atoms with Crippen LogP contribution in [0.15, 0.2) is 40.9 Å². The Bertz CT molecular complexity index is 466. The van der Waals surface area contributed by atoms with Gasteiger partial charge in [-0.2, -0.15) is 0 Å². The fraction of sp³-hybridized carbons (Fsp3) is 0.0909. The number of alkyl halides is 2. The highest BCUT2D eigenvalue weighted by atomic mass is 79.9. The lowest BCUT2D eigenvalue weighted by atomic mass is 10.1. The third-order valence-corrected chi connectivity index (χ3v) is 2.61. The zero-order valence-electron chi connectivity index (χ0n) is 7.18. The van der Waals surface area contributed by atoms with Gasteiger partial charge in [-0.15, -0.1) is 0 Å². The van der Waals surface area contributed by atoms with Crippen LogP contribution in [-0.4, -0.2) is 0 Å². The lowest BCUT2D eigenvalue weighted by molar-refractivity contribution is 0.153. The molecule has 0 spiro atoms. The summed E-state index contributed by atoms with van der Waals surface area (Å²) in [6.07, 6.45) is -2.42. The van der Waals surface area contributed by atoms with Gasteiger partial charge < -0.3 is 0 Å². The molecule has 72 valence electrons. The molecule has 0 heterocycles. The van der Waals surface area contributed by atoms with Crippen molar-refractivity contribution in [3.05, 3.63) is 46.4 Å². The molecule has 2 aromatic carbocycles. The summed E-state index contributed by atoms with van der Waals surface area (Å²) in [5, 5.41) is 1.45. The van der Waals surface area contributed by atoms with Crippen molar-refractivity contribution >= 4 is 26.7 Å². The number of hydrogen-bond donors (Lipinski definition) is 0. The number of hydrogen-bond acceptors (Lipinski definition) is 0. The van der Waals surface area contributed by atoms with Crippen molar-refractivity contribution in [2.45, 2.75) is 6.43 Å². The van der Waals surface area contributed by atoms with E-state index in [1.165, 1.54) is 6.07 Å². The maximum Gasteiger partial charge on any atom is 0.264 e. The van der Waals surface area contributed by atoms with Crippen LogP contribution in [0, 0.1) is 0 Å². The Morgan fingerprint density at radius 2 is 1.86 bits per heavy atom. The summed E-state index contributed by atoms with van der Waals surface area (Å²) in [7, 11) is 0. The SMILES string of the molecule is FC(F)c1cccc2ccc(Br)cc12. The van der Waals surface area contributed by atoms with Crippen molar-refractivity contribution in [2.24, 2.45) is 0 Å². The Morgan fingerprint density at radius 1 is 1.07 bits per heavy atom. The van der Waals surface area contributed by atoms with E-state index in [-0.39, 0.29) is 5.56 Å². The van der Waals surface area contributed by atoms with E-state index in [9.17, 15) is 8.78 Å². The highest BCUT2D eigenvalue weighted by molar-refractivity contribution is 9.10. The highest BCUT2D eigenvalue weighted by Crippen LogP contribution is 2.29. The first-order chi connectivity index (χ1) is 6.68. The lowest BCUT2D eigenvalue weighted by Crippen LogP contribution is -1.86. The largest absolute Gasteiger partial charge is 0.264 e. The number of rotatable bonds is 1. The predicted octanol–water partition coefficient (Wildman–Crippen LogP) is 4.54. The molecule has 0 fully saturated rings. The van der Waals surface area contributed by atoms with E-state index in [2.05, 4.69) is 15.9 Å². The summed E-state index contributed by atoms with van der Waals surface area (Å²) in [4.78, 5) is 0. The molecule has 2 aromatic rings. The summed E-state index contributed by atoms with van der Waals surface area (Å²) < 4.78 is 26.0. The first-order valence-corrected chi connectivity index (χ1v) is 4.94. The minimum absolute atomic E-state index is 0.0869. The van der Waals surface area contributed by atoms with E-state index < -0.39 is 6.43 Å². The second-order valence-electron chi connectivity index (χ2n) is 3.01. The molecule has 0 N–H and O–H groups in total. The maximum absolute atomic E-state index is 12.6. The van der Waals surface area contributed by atoms with Crippen LogP contribution >= 0.6 is 15.9 Å². The first-order valence-electron chi connectivity index (χ1n) is 4.15. The molecule has 0 nitrogen and oxygen atoms in total. The summed E-state index contributed by atoms with van der Waals surface area (Å²) in [6.45, 7) is 0. The first kappa shape index (κ1) is 9.59. The minimum Gasteiger partial charge on any atom is -0.205 e. The predicted molar refractivity (Wildman–Crippen MR) is 56.6 cm³/mol. The Hall–Kier alpha value is -0.960. The Balaban J connectivity index is 2.77. The van der Waals surface area contributed by atoms with Crippen LogP contribution < -0.4 is 0 Å². The van der Waals surface area contributed by atoms with Crippen molar-refractivity contribution in [1.29, 1.82) is 0 Å². The second kappa shape index (κ2) is 3.65. The monoisotopic (exact) mass is 256 g/mol. The zero-order valence-corrected chi connectivity index (χ0v) is 8.76. The van der Waals surface area contributed by atoms with Gasteiger partial charge in [-0.05, 0) is 22.9 Å². The molecule has 0 aliphatic heterocycles. The molecule has 0 aliphatic carbocycles. The molecule has 0 radical (unpaired) electrons. The van der Waals surface area contributed by atoms with Crippen LogP contribution in [0.5, 0.6) is 0 Å². The van der Waals surface area contributed by atoms with Crippen molar-refractivity contribution in [1.82, 2.24) is 0 Å². The highest BCUT2D eigenvalue weighted by Gasteiger charge is 2.10. The Labute approximate surface area is 88.7 Å². The molecule has 0 saturated heterocycles. The van der Waals surface area contributed by atoms with Gasteiger partial charge in [0, 0.05) is 10.0 Å². The fourth-order valence-electron chi connectivity index (χ4n) is 1.46. The van der Waals surface area contributed by atoms with Gasteiger partial charge in [0.05, 0.1) is 0 Å². The van der Waals surface area contributed by atoms with Crippen LogP contribution in [0.3, 0.4) is 0 Å². The van der Waals surface area contributed by atoms with Gasteiger partial charge in [-0.25, -0.2) is 8.78 Å². The van der Waals surface area contributed by atoms with Crippen LogP contribution in [-0.2, 0) is 0 Å². The molecule has 0 aliphatic rings. The van der Waals surface area contributed by atoms with E-state index in [0.717, 1.165) is 9.86 Å². The van der Waals surface area contributed by atoms with Crippen LogP contribution in [0.4, 0.5) is 8.78 Å². The molecule has 0 aromatic heterocycles. The van der Waals surface area contributed by atoms with E-state index in [4.69, 9.17) is 0 Å². The Morgan fingerprint density at radius 3 is 2.57 bits per heavy atom. The third kappa shape index (κ3) is 1.64. The topological polar surface area (TPSA) is 0 Å². The summed E-state index contributed by atoms with van der Waals surface area (Å²) >= 11 is 3.27. The smallest absolute Gasteiger partial charge is 0.205 e. The molecule has 0 amide bonds. The summed E-state index contributed by atoms with van der Waals surface area (Å²) in [6, 6.07) is 10.3. The van der Waals surface area contributed by atoms with Crippen LogP contribution in [0.2, 0.25) is 0 Å². The van der Waals surface area contributed by atoms with Gasteiger partial charge in [0.1, 0.15) is 0 Å². The molecule has 0 atom stereocenters. The van der Waals surface area contributed by atoms with Gasteiger partial charge in [0.25, 0.3) is 6.43 Å². The van der Waals surface area contributed by atoms with Gasteiger partial charge in [0.15, 0.2) is 0 Å². The van der Waals surface area contributed by atoms with E-state index in [1.807, 2.05) is 18.2 Å². The zero-order chi connectivity index (χ0) is 10.1. The number of fused-ring (bicyclic) bond motifs is 1. The van der Waals surface area contributed by atoms with Gasteiger partial charge >= 0.3 is 0 Å². The molecule has 3 heteroatoms. The Kier molecular flexibility index (Phi) is 2.50. The van der Waals surface area contributed by atoms with E-state index >= 15 is 0 Å². The van der Waals surface area contributed by atoms with Crippen LogP contribution in [0.25, 0.3) is 10.8 Å². The van der Waals surface area contributed by atoms with Crippen molar-refractivity contribution < 1.29 is 8.78 Å². The lowest BCUT2D eigenvalue weighted by Gasteiger charge is -2.05. The van der Waals surface area contributed by atoms with Crippen LogP contribution in [0.1, 0.15) is 12.0 Å². The van der Waals surface area contributed by atoms with Gasteiger partial charge in [-0.1, -0.05) is 40.2 Å². The van der Waals surface area contributed by atoms with Gasteiger partial charge in [0.2, 0.25) is 0 Å².